The summed E-state index contributed by atoms with van der Waals surface area (Å²) in [6.45, 7) is 8.55. The number of hydrogen-bond acceptors (Lipinski definition) is 4. The van der Waals surface area contributed by atoms with E-state index in [2.05, 4.69) is 49.8 Å². The van der Waals surface area contributed by atoms with Crippen molar-refractivity contribution in [2.45, 2.75) is 39.5 Å². The van der Waals surface area contributed by atoms with Crippen LogP contribution in [0.5, 0.6) is 0 Å². The maximum absolute atomic E-state index is 9.10. The summed E-state index contributed by atoms with van der Waals surface area (Å²) in [5.74, 6) is 0.831. The first-order chi connectivity index (χ1) is 11.4. The highest BCUT2D eigenvalue weighted by molar-refractivity contribution is 5.85. The Hall–Kier alpha value is -2.33. The van der Waals surface area contributed by atoms with E-state index in [0.717, 1.165) is 39.1 Å². The smallest absolute Gasteiger partial charge is 0.133 e. The number of pyridine rings is 1. The molecule has 2 heterocycles. The van der Waals surface area contributed by atoms with Gasteiger partial charge >= 0.3 is 0 Å². The summed E-state index contributed by atoms with van der Waals surface area (Å²) in [4.78, 5) is 13.7. The van der Waals surface area contributed by atoms with Crippen LogP contribution in [0.4, 0.5) is 0 Å². The van der Waals surface area contributed by atoms with Crippen LogP contribution >= 0.6 is 0 Å². The number of hydrogen-bond donors (Lipinski definition) is 1. The van der Waals surface area contributed by atoms with E-state index in [1.807, 2.05) is 24.5 Å². The molecule has 0 aliphatic heterocycles. The summed E-state index contributed by atoms with van der Waals surface area (Å²) in [6, 6.07) is 8.21. The van der Waals surface area contributed by atoms with Crippen LogP contribution in [-0.4, -0.2) is 26.7 Å². The second kappa shape index (κ2) is 6.29. The fourth-order valence-electron chi connectivity index (χ4n) is 2.72. The van der Waals surface area contributed by atoms with E-state index < -0.39 is 0 Å². The second-order valence-electron chi connectivity index (χ2n) is 7.19. The van der Waals surface area contributed by atoms with Gasteiger partial charge in [0.05, 0.1) is 11.2 Å². The molecule has 0 bridgehead atoms. The minimum absolute atomic E-state index is 0.0611. The molecule has 0 radical (unpaired) electrons. The number of aryl methyl sites for hydroxylation is 1. The summed E-state index contributed by atoms with van der Waals surface area (Å²) in [5, 5.41) is 10.2. The predicted octanol–water partition coefficient (Wildman–Crippen LogP) is 3.83. The molecule has 4 heteroatoms. The molecule has 0 aliphatic rings. The molecule has 0 fully saturated rings. The summed E-state index contributed by atoms with van der Waals surface area (Å²) in [5.41, 5.74) is 4.98. The minimum Gasteiger partial charge on any atom is -0.396 e. The molecule has 3 rings (SSSR count). The number of aliphatic hydroxyl groups excluding tert-OH is 1. The third-order valence-electron chi connectivity index (χ3n) is 4.10. The molecule has 0 atom stereocenters. The molecule has 0 saturated heterocycles. The molecule has 4 nitrogen and oxygen atoms in total. The van der Waals surface area contributed by atoms with Gasteiger partial charge in [0.2, 0.25) is 0 Å². The Kier molecular flexibility index (Phi) is 4.33. The number of rotatable bonds is 3. The fourth-order valence-corrected chi connectivity index (χ4v) is 2.72. The van der Waals surface area contributed by atoms with Crippen LogP contribution in [0.15, 0.2) is 36.7 Å². The van der Waals surface area contributed by atoms with E-state index in [4.69, 9.17) is 10.1 Å². The highest BCUT2D eigenvalue weighted by atomic mass is 16.2. The van der Waals surface area contributed by atoms with E-state index in [-0.39, 0.29) is 12.0 Å². The first-order valence-electron chi connectivity index (χ1n) is 8.22. The van der Waals surface area contributed by atoms with Crippen molar-refractivity contribution in [1.82, 2.24) is 15.0 Å². The van der Waals surface area contributed by atoms with Gasteiger partial charge in [-0.2, -0.15) is 0 Å². The van der Waals surface area contributed by atoms with E-state index >= 15 is 0 Å². The minimum atomic E-state index is -0.0611. The van der Waals surface area contributed by atoms with Gasteiger partial charge in [-0.15, -0.1) is 0 Å². The third-order valence-corrected chi connectivity index (χ3v) is 4.10. The maximum atomic E-state index is 9.10. The van der Waals surface area contributed by atoms with Gasteiger partial charge in [0, 0.05) is 35.4 Å². The second-order valence-corrected chi connectivity index (χ2v) is 7.19. The zero-order valence-electron chi connectivity index (χ0n) is 14.7. The van der Waals surface area contributed by atoms with Crippen molar-refractivity contribution in [2.75, 3.05) is 6.61 Å². The van der Waals surface area contributed by atoms with Crippen molar-refractivity contribution in [2.24, 2.45) is 0 Å². The Balaban J connectivity index is 2.03. The fraction of sp³-hybridized carbons (Fsp3) is 0.350. The molecular weight excluding hydrogens is 298 g/mol. The topological polar surface area (TPSA) is 58.9 Å². The summed E-state index contributed by atoms with van der Waals surface area (Å²) in [7, 11) is 0. The van der Waals surface area contributed by atoms with Gasteiger partial charge in [-0.1, -0.05) is 26.8 Å². The van der Waals surface area contributed by atoms with Crippen molar-refractivity contribution in [1.29, 1.82) is 0 Å². The largest absolute Gasteiger partial charge is 0.396 e. The quantitative estimate of drug-likeness (QED) is 0.796. The predicted molar refractivity (Wildman–Crippen MR) is 97.0 cm³/mol. The number of benzene rings is 1. The average molecular weight is 321 g/mol. The molecular formula is C20H23N3O. The lowest BCUT2D eigenvalue weighted by atomic mass is 9.95. The Morgan fingerprint density at radius 3 is 2.38 bits per heavy atom. The Morgan fingerprint density at radius 2 is 1.75 bits per heavy atom. The van der Waals surface area contributed by atoms with Gasteiger partial charge < -0.3 is 5.11 Å². The van der Waals surface area contributed by atoms with Crippen molar-refractivity contribution >= 4 is 10.9 Å². The average Bonchev–Trinajstić information content (AvgIpc) is 2.55. The van der Waals surface area contributed by atoms with Crippen LogP contribution in [0.25, 0.3) is 22.2 Å². The van der Waals surface area contributed by atoms with Crippen molar-refractivity contribution in [3.63, 3.8) is 0 Å². The lowest BCUT2D eigenvalue weighted by Crippen LogP contribution is -2.15. The lowest BCUT2D eigenvalue weighted by Gasteiger charge is -2.16. The molecule has 1 aromatic carbocycles. The number of aliphatic hydroxyl groups is 1. The Bertz CT molecular complexity index is 864. The van der Waals surface area contributed by atoms with Crippen LogP contribution in [0.2, 0.25) is 0 Å². The number of fused-ring (bicyclic) bond motifs is 1. The molecule has 0 saturated carbocycles. The first kappa shape index (κ1) is 16.5. The van der Waals surface area contributed by atoms with Gasteiger partial charge in [0.15, 0.2) is 0 Å². The van der Waals surface area contributed by atoms with Crippen LogP contribution in [0.3, 0.4) is 0 Å². The zero-order chi connectivity index (χ0) is 17.3. The van der Waals surface area contributed by atoms with Crippen molar-refractivity contribution in [3.8, 4) is 11.3 Å². The Labute approximate surface area is 142 Å². The van der Waals surface area contributed by atoms with Crippen LogP contribution < -0.4 is 0 Å². The molecule has 124 valence electrons. The van der Waals surface area contributed by atoms with Gasteiger partial charge in [-0.05, 0) is 42.7 Å². The summed E-state index contributed by atoms with van der Waals surface area (Å²) < 4.78 is 0. The number of aromatic nitrogens is 3. The molecule has 0 spiro atoms. The van der Waals surface area contributed by atoms with Crippen LogP contribution in [-0.2, 0) is 11.8 Å². The molecule has 3 aromatic rings. The molecule has 1 N–H and O–H groups in total. The van der Waals surface area contributed by atoms with Crippen molar-refractivity contribution in [3.05, 3.63) is 53.6 Å². The van der Waals surface area contributed by atoms with E-state index in [1.54, 1.807) is 0 Å². The summed E-state index contributed by atoms with van der Waals surface area (Å²) in [6.07, 6.45) is 4.36. The summed E-state index contributed by atoms with van der Waals surface area (Å²) >= 11 is 0. The van der Waals surface area contributed by atoms with E-state index in [1.165, 1.54) is 0 Å². The number of nitrogens with zero attached hydrogens (tertiary/aromatic N) is 3. The SMILES string of the molecule is Cc1cc(-c2cnc(C(C)(C)C)nc2)nc2ccc(CCO)cc12. The monoisotopic (exact) mass is 321 g/mol. The molecule has 0 aliphatic carbocycles. The van der Waals surface area contributed by atoms with E-state index in [9.17, 15) is 0 Å². The van der Waals surface area contributed by atoms with Crippen LogP contribution in [0, 0.1) is 6.92 Å². The van der Waals surface area contributed by atoms with Gasteiger partial charge in [-0.25, -0.2) is 15.0 Å². The van der Waals surface area contributed by atoms with E-state index in [0.29, 0.717) is 6.42 Å². The highest BCUT2D eigenvalue weighted by Crippen LogP contribution is 2.26. The molecule has 0 amide bonds. The standard InChI is InChI=1S/C20H23N3O/c1-13-9-18(15-11-21-19(22-12-15)20(2,3)4)23-17-6-5-14(7-8-24)10-16(13)17/h5-6,9-12,24H,7-8H2,1-4H3. The molecule has 2 aromatic heterocycles. The lowest BCUT2D eigenvalue weighted by molar-refractivity contribution is 0.299. The third kappa shape index (κ3) is 3.29. The highest BCUT2D eigenvalue weighted by Gasteiger charge is 2.17. The molecule has 0 unspecified atom stereocenters. The normalized spacial score (nSPS) is 11.9. The maximum Gasteiger partial charge on any atom is 0.133 e. The first-order valence-corrected chi connectivity index (χ1v) is 8.22. The van der Waals surface area contributed by atoms with Crippen molar-refractivity contribution < 1.29 is 5.11 Å². The molecule has 24 heavy (non-hydrogen) atoms. The van der Waals surface area contributed by atoms with Crippen LogP contribution in [0.1, 0.15) is 37.7 Å². The van der Waals surface area contributed by atoms with Gasteiger partial charge in [0.25, 0.3) is 0 Å². The Morgan fingerprint density at radius 1 is 1.04 bits per heavy atom. The van der Waals surface area contributed by atoms with Gasteiger partial charge in [0.1, 0.15) is 5.82 Å². The zero-order valence-corrected chi connectivity index (χ0v) is 14.7. The van der Waals surface area contributed by atoms with Gasteiger partial charge in [-0.3, -0.25) is 0 Å².